The number of urea groups is 1. The zero-order valence-corrected chi connectivity index (χ0v) is 16.1. The zero-order valence-electron chi connectivity index (χ0n) is 13.7. The molecule has 1 aliphatic heterocycles. The van der Waals surface area contributed by atoms with Crippen LogP contribution in [0.1, 0.15) is 17.1 Å². The van der Waals surface area contributed by atoms with Crippen molar-refractivity contribution in [2.45, 2.75) is 19.9 Å². The summed E-state index contributed by atoms with van der Waals surface area (Å²) in [5, 5.41) is 6.21. The molecule has 0 atom stereocenters. The van der Waals surface area contributed by atoms with Crippen LogP contribution in [-0.4, -0.2) is 47.0 Å². The molecule has 0 aliphatic carbocycles. The lowest BCUT2D eigenvalue weighted by Crippen LogP contribution is -2.38. The molecular weight excluding hydrogens is 388 g/mol. The molecule has 1 N–H and O–H groups in total. The van der Waals surface area contributed by atoms with E-state index < -0.39 is 0 Å². The fourth-order valence-corrected chi connectivity index (χ4v) is 3.79. The molecule has 1 aliphatic rings. The maximum absolute atomic E-state index is 12.5. The maximum atomic E-state index is 12.5. The van der Waals surface area contributed by atoms with Gasteiger partial charge in [-0.05, 0) is 41.4 Å². The van der Waals surface area contributed by atoms with Crippen LogP contribution in [0.4, 0.5) is 10.5 Å². The van der Waals surface area contributed by atoms with E-state index in [-0.39, 0.29) is 6.03 Å². The van der Waals surface area contributed by atoms with Gasteiger partial charge in [-0.15, -0.1) is 11.3 Å². The number of carbonyl (C=O) groups is 1. The first-order valence-electron chi connectivity index (χ1n) is 8.05. The number of para-hydroxylation sites is 1. The normalized spacial score (nSPS) is 16.0. The van der Waals surface area contributed by atoms with Crippen LogP contribution in [0, 0.1) is 6.92 Å². The maximum Gasteiger partial charge on any atom is 0.321 e. The molecule has 5 nitrogen and oxygen atoms in total. The molecule has 0 saturated carbocycles. The van der Waals surface area contributed by atoms with Crippen LogP contribution in [0.15, 0.2) is 34.1 Å². The number of anilines is 1. The van der Waals surface area contributed by atoms with Gasteiger partial charge in [0, 0.05) is 42.6 Å². The minimum absolute atomic E-state index is 0.0340. The lowest BCUT2D eigenvalue weighted by atomic mass is 10.3. The van der Waals surface area contributed by atoms with Crippen LogP contribution in [0.2, 0.25) is 0 Å². The monoisotopic (exact) mass is 408 g/mol. The number of carbonyl (C=O) groups excluding carboxylic acids is 1. The number of benzene rings is 1. The van der Waals surface area contributed by atoms with Crippen molar-refractivity contribution in [3.63, 3.8) is 0 Å². The second kappa shape index (κ2) is 8.09. The van der Waals surface area contributed by atoms with Crippen LogP contribution in [-0.2, 0) is 6.54 Å². The molecule has 2 aromatic rings. The Morgan fingerprint density at radius 3 is 2.88 bits per heavy atom. The summed E-state index contributed by atoms with van der Waals surface area (Å²) in [6, 6.07) is 7.64. The van der Waals surface area contributed by atoms with Gasteiger partial charge < -0.3 is 10.2 Å². The highest BCUT2D eigenvalue weighted by atomic mass is 79.9. The Balaban J connectivity index is 1.55. The summed E-state index contributed by atoms with van der Waals surface area (Å²) >= 11 is 5.15. The SMILES string of the molecule is Cc1nc(CN2CCCN(C(=O)Nc3ccccc3Br)CC2)cs1. The van der Waals surface area contributed by atoms with Crippen molar-refractivity contribution in [1.82, 2.24) is 14.8 Å². The third-order valence-electron chi connectivity index (χ3n) is 4.04. The molecule has 0 spiro atoms. The van der Waals surface area contributed by atoms with E-state index in [2.05, 4.69) is 36.5 Å². The molecule has 24 heavy (non-hydrogen) atoms. The number of hydrogen-bond acceptors (Lipinski definition) is 4. The predicted octanol–water partition coefficient (Wildman–Crippen LogP) is 3.95. The Hall–Kier alpha value is -1.44. The average molecular weight is 409 g/mol. The first-order chi connectivity index (χ1) is 11.6. The van der Waals surface area contributed by atoms with E-state index in [1.165, 1.54) is 0 Å². The number of aryl methyl sites for hydroxylation is 1. The summed E-state index contributed by atoms with van der Waals surface area (Å²) in [5.74, 6) is 0. The van der Waals surface area contributed by atoms with Crippen LogP contribution in [0.5, 0.6) is 0 Å². The molecule has 0 radical (unpaired) electrons. The summed E-state index contributed by atoms with van der Waals surface area (Å²) in [4.78, 5) is 21.3. The van der Waals surface area contributed by atoms with E-state index in [0.29, 0.717) is 0 Å². The lowest BCUT2D eigenvalue weighted by Gasteiger charge is -2.22. The largest absolute Gasteiger partial charge is 0.323 e. The number of hydrogen-bond donors (Lipinski definition) is 1. The molecule has 1 fully saturated rings. The second-order valence-electron chi connectivity index (χ2n) is 5.88. The molecule has 128 valence electrons. The Morgan fingerprint density at radius 1 is 1.29 bits per heavy atom. The van der Waals surface area contributed by atoms with Crippen molar-refractivity contribution in [3.8, 4) is 0 Å². The minimum atomic E-state index is -0.0340. The fraction of sp³-hybridized carbons (Fsp3) is 0.412. The number of aromatic nitrogens is 1. The number of nitrogens with one attached hydrogen (secondary N) is 1. The fourth-order valence-electron chi connectivity index (χ4n) is 2.80. The number of rotatable bonds is 3. The summed E-state index contributed by atoms with van der Waals surface area (Å²) in [6.07, 6.45) is 0.979. The van der Waals surface area contributed by atoms with E-state index in [1.807, 2.05) is 36.1 Å². The van der Waals surface area contributed by atoms with E-state index in [0.717, 1.165) is 60.0 Å². The number of amides is 2. The average Bonchev–Trinajstić information content (AvgIpc) is 2.82. The topological polar surface area (TPSA) is 48.5 Å². The van der Waals surface area contributed by atoms with Crippen molar-refractivity contribution >= 4 is 39.0 Å². The molecule has 2 amide bonds. The molecule has 1 aromatic heterocycles. The molecule has 2 heterocycles. The van der Waals surface area contributed by atoms with Crippen molar-refractivity contribution in [2.75, 3.05) is 31.5 Å². The van der Waals surface area contributed by atoms with Gasteiger partial charge in [-0.25, -0.2) is 9.78 Å². The van der Waals surface area contributed by atoms with Crippen molar-refractivity contribution < 1.29 is 4.79 Å². The van der Waals surface area contributed by atoms with E-state index in [1.54, 1.807) is 11.3 Å². The molecular formula is C17H21BrN4OS. The molecule has 1 aromatic carbocycles. The Kier molecular flexibility index (Phi) is 5.86. The first kappa shape index (κ1) is 17.4. The van der Waals surface area contributed by atoms with Gasteiger partial charge in [0.2, 0.25) is 0 Å². The summed E-state index contributed by atoms with van der Waals surface area (Å²) in [7, 11) is 0. The smallest absolute Gasteiger partial charge is 0.321 e. The lowest BCUT2D eigenvalue weighted by molar-refractivity contribution is 0.211. The third kappa shape index (κ3) is 4.55. The molecule has 7 heteroatoms. The summed E-state index contributed by atoms with van der Waals surface area (Å²) in [5.41, 5.74) is 1.94. The van der Waals surface area contributed by atoms with Gasteiger partial charge in [0.05, 0.1) is 16.4 Å². The van der Waals surface area contributed by atoms with Gasteiger partial charge in [0.15, 0.2) is 0 Å². The quantitative estimate of drug-likeness (QED) is 0.835. The number of halogens is 1. The van der Waals surface area contributed by atoms with Gasteiger partial charge in [0.25, 0.3) is 0 Å². The van der Waals surface area contributed by atoms with E-state index in [9.17, 15) is 4.79 Å². The zero-order chi connectivity index (χ0) is 16.9. The van der Waals surface area contributed by atoms with Crippen LogP contribution in [0.25, 0.3) is 0 Å². The van der Waals surface area contributed by atoms with Gasteiger partial charge in [0.1, 0.15) is 0 Å². The Morgan fingerprint density at radius 2 is 2.12 bits per heavy atom. The standard InChI is InChI=1S/C17H21BrN4OS/c1-13-19-14(12-24-13)11-21-7-4-8-22(10-9-21)17(23)20-16-6-3-2-5-15(16)18/h2-3,5-6,12H,4,7-11H2,1H3,(H,20,23). The van der Waals surface area contributed by atoms with Crippen LogP contribution < -0.4 is 5.32 Å². The van der Waals surface area contributed by atoms with Gasteiger partial charge >= 0.3 is 6.03 Å². The summed E-state index contributed by atoms with van der Waals surface area (Å²) in [6.45, 7) is 6.28. The molecule has 0 bridgehead atoms. The first-order valence-corrected chi connectivity index (χ1v) is 9.73. The van der Waals surface area contributed by atoms with Crippen molar-refractivity contribution in [3.05, 3.63) is 44.8 Å². The number of nitrogens with zero attached hydrogens (tertiary/aromatic N) is 3. The highest BCUT2D eigenvalue weighted by molar-refractivity contribution is 9.10. The highest BCUT2D eigenvalue weighted by Crippen LogP contribution is 2.22. The molecule has 1 saturated heterocycles. The van der Waals surface area contributed by atoms with Gasteiger partial charge in [-0.1, -0.05) is 12.1 Å². The van der Waals surface area contributed by atoms with Crippen LogP contribution >= 0.6 is 27.3 Å². The summed E-state index contributed by atoms with van der Waals surface area (Å²) < 4.78 is 0.897. The van der Waals surface area contributed by atoms with Gasteiger partial charge in [-0.2, -0.15) is 0 Å². The van der Waals surface area contributed by atoms with Crippen molar-refractivity contribution in [2.24, 2.45) is 0 Å². The second-order valence-corrected chi connectivity index (χ2v) is 7.80. The predicted molar refractivity (Wildman–Crippen MR) is 101 cm³/mol. The third-order valence-corrected chi connectivity index (χ3v) is 5.56. The number of thiazole rings is 1. The highest BCUT2D eigenvalue weighted by Gasteiger charge is 2.20. The van der Waals surface area contributed by atoms with Gasteiger partial charge in [-0.3, -0.25) is 4.90 Å². The van der Waals surface area contributed by atoms with E-state index in [4.69, 9.17) is 0 Å². The Bertz CT molecular complexity index is 705. The van der Waals surface area contributed by atoms with Crippen LogP contribution in [0.3, 0.4) is 0 Å². The molecule has 3 rings (SSSR count). The minimum Gasteiger partial charge on any atom is -0.323 e. The molecule has 0 unspecified atom stereocenters. The Labute approximate surface area is 154 Å². The van der Waals surface area contributed by atoms with Crippen molar-refractivity contribution in [1.29, 1.82) is 0 Å². The van der Waals surface area contributed by atoms with E-state index >= 15 is 0 Å².